The molecule has 0 saturated heterocycles. The van der Waals surface area contributed by atoms with Gasteiger partial charge in [-0.1, -0.05) is 25.2 Å². The molecule has 7 heteroatoms. The van der Waals surface area contributed by atoms with Crippen molar-refractivity contribution in [1.82, 2.24) is 19.8 Å². The first-order chi connectivity index (χ1) is 9.41. The summed E-state index contributed by atoms with van der Waals surface area (Å²) in [4.78, 5) is 12.3. The van der Waals surface area contributed by atoms with E-state index in [0.29, 0.717) is 12.3 Å². The van der Waals surface area contributed by atoms with Crippen LogP contribution in [0.1, 0.15) is 50.4 Å². The Bertz CT molecular complexity index is 658. The quantitative estimate of drug-likeness (QED) is 0.915. The minimum atomic E-state index is -0.803. The summed E-state index contributed by atoms with van der Waals surface area (Å²) in [5.41, 5.74) is -0.803. The minimum absolute atomic E-state index is 0.0391. The molecule has 1 unspecified atom stereocenters. The molecule has 1 aliphatic carbocycles. The Kier molecular flexibility index (Phi) is 3.04. The molecule has 1 fully saturated rings. The van der Waals surface area contributed by atoms with Crippen molar-refractivity contribution in [2.24, 2.45) is 11.3 Å². The largest absolute Gasteiger partial charge is 0.481 e. The highest BCUT2D eigenvalue weighted by Crippen LogP contribution is 2.40. The Morgan fingerprint density at radius 1 is 1.50 bits per heavy atom. The molecule has 108 valence electrons. The Balaban J connectivity index is 1.92. The van der Waals surface area contributed by atoms with E-state index in [0.717, 1.165) is 28.6 Å². The van der Waals surface area contributed by atoms with Gasteiger partial charge < -0.3 is 5.11 Å². The summed E-state index contributed by atoms with van der Waals surface area (Å²) in [6.07, 6.45) is 2.72. The van der Waals surface area contributed by atoms with Crippen LogP contribution in [0, 0.1) is 11.3 Å². The maximum Gasteiger partial charge on any atom is 0.310 e. The van der Waals surface area contributed by atoms with Gasteiger partial charge in [-0.05, 0) is 25.7 Å². The van der Waals surface area contributed by atoms with E-state index < -0.39 is 11.4 Å². The fourth-order valence-corrected chi connectivity index (χ4v) is 3.19. The van der Waals surface area contributed by atoms with Gasteiger partial charge in [0.1, 0.15) is 5.01 Å². The van der Waals surface area contributed by atoms with Crippen LogP contribution in [0.4, 0.5) is 0 Å². The van der Waals surface area contributed by atoms with Crippen LogP contribution in [0.2, 0.25) is 0 Å². The van der Waals surface area contributed by atoms with Crippen molar-refractivity contribution in [1.29, 1.82) is 0 Å². The fraction of sp³-hybridized carbons (Fsp3) is 0.692. The van der Waals surface area contributed by atoms with Crippen LogP contribution in [0.5, 0.6) is 0 Å². The van der Waals surface area contributed by atoms with E-state index >= 15 is 0 Å². The second-order valence-corrected chi connectivity index (χ2v) is 7.12. The van der Waals surface area contributed by atoms with Crippen LogP contribution >= 0.6 is 11.3 Å². The lowest BCUT2D eigenvalue weighted by molar-refractivity contribution is -0.150. The van der Waals surface area contributed by atoms with E-state index in [-0.39, 0.29) is 5.92 Å². The maximum absolute atomic E-state index is 11.5. The number of carboxylic acids is 1. The van der Waals surface area contributed by atoms with Crippen LogP contribution in [0.3, 0.4) is 0 Å². The summed E-state index contributed by atoms with van der Waals surface area (Å²) < 4.78 is 1.79. The molecule has 0 aromatic carbocycles. The molecule has 0 spiro atoms. The number of rotatable bonds is 5. The predicted octanol–water partition coefficient (Wildman–Crippen LogP) is 2.35. The molecule has 1 saturated carbocycles. The first-order valence-electron chi connectivity index (χ1n) is 6.86. The molecule has 3 rings (SSSR count). The normalized spacial score (nSPS) is 18.6. The Morgan fingerprint density at radius 3 is 2.75 bits per heavy atom. The molecule has 0 bridgehead atoms. The molecular weight excluding hydrogens is 276 g/mol. The van der Waals surface area contributed by atoms with Crippen LogP contribution in [-0.4, -0.2) is 30.9 Å². The fourth-order valence-electron chi connectivity index (χ4n) is 2.18. The van der Waals surface area contributed by atoms with E-state index in [1.54, 1.807) is 11.4 Å². The molecule has 20 heavy (non-hydrogen) atoms. The third-order valence-electron chi connectivity index (χ3n) is 4.28. The average Bonchev–Trinajstić information content (AvgIpc) is 3.01. The summed E-state index contributed by atoms with van der Waals surface area (Å²) in [6.45, 7) is 5.65. The predicted molar refractivity (Wildman–Crippen MR) is 74.9 cm³/mol. The van der Waals surface area contributed by atoms with Gasteiger partial charge in [-0.3, -0.25) is 4.79 Å². The molecule has 2 aromatic rings. The highest BCUT2D eigenvalue weighted by molar-refractivity contribution is 7.16. The zero-order valence-electron chi connectivity index (χ0n) is 11.8. The second kappa shape index (κ2) is 4.51. The van der Waals surface area contributed by atoms with E-state index in [9.17, 15) is 9.90 Å². The maximum atomic E-state index is 11.5. The van der Waals surface area contributed by atoms with Gasteiger partial charge in [0.25, 0.3) is 0 Å². The molecule has 1 atom stereocenters. The molecule has 6 nitrogen and oxygen atoms in total. The van der Waals surface area contributed by atoms with Crippen molar-refractivity contribution < 1.29 is 9.90 Å². The summed E-state index contributed by atoms with van der Waals surface area (Å²) in [7, 11) is 0. The molecule has 1 aliphatic rings. The number of hydrogen-bond acceptors (Lipinski definition) is 5. The third kappa shape index (κ3) is 2.09. The van der Waals surface area contributed by atoms with E-state index in [2.05, 4.69) is 15.3 Å². The number of hydrogen-bond donors (Lipinski definition) is 1. The first-order valence-corrected chi connectivity index (χ1v) is 7.68. The van der Waals surface area contributed by atoms with Crippen LogP contribution in [-0.2, 0) is 11.2 Å². The molecule has 1 N–H and O–H groups in total. The highest BCUT2D eigenvalue weighted by atomic mass is 32.1. The number of nitrogens with zero attached hydrogens (tertiary/aromatic N) is 4. The van der Waals surface area contributed by atoms with Crippen LogP contribution in [0.15, 0.2) is 0 Å². The lowest BCUT2D eigenvalue weighted by Gasteiger charge is -2.27. The van der Waals surface area contributed by atoms with Crippen molar-refractivity contribution in [3.05, 3.63) is 10.8 Å². The van der Waals surface area contributed by atoms with Gasteiger partial charge in [0.2, 0.25) is 4.96 Å². The van der Waals surface area contributed by atoms with Crippen molar-refractivity contribution in [3.8, 4) is 0 Å². The van der Waals surface area contributed by atoms with Crippen LogP contribution < -0.4 is 0 Å². The van der Waals surface area contributed by atoms with Crippen molar-refractivity contribution >= 4 is 22.3 Å². The summed E-state index contributed by atoms with van der Waals surface area (Å²) in [5, 5.41) is 23.1. The number of aromatic nitrogens is 4. The average molecular weight is 294 g/mol. The van der Waals surface area contributed by atoms with Crippen LogP contribution in [0.25, 0.3) is 4.96 Å². The lowest BCUT2D eigenvalue weighted by Crippen LogP contribution is -2.35. The zero-order chi connectivity index (χ0) is 14.5. The number of fused-ring (bicyclic) bond motifs is 1. The standard InChI is InChI=1S/C13H18N4O2S/c1-7(2)13(3,11(18)19)6-9-16-17-10(8-4-5-8)14-15-12(17)20-9/h7-8H,4-6H2,1-3H3,(H,18,19). The van der Waals surface area contributed by atoms with Crippen molar-refractivity contribution in [2.45, 2.75) is 46.0 Å². The molecule has 0 aliphatic heterocycles. The Morgan fingerprint density at radius 2 is 2.20 bits per heavy atom. The number of carboxylic acid groups (broad SMARTS) is 1. The van der Waals surface area contributed by atoms with Gasteiger partial charge >= 0.3 is 5.97 Å². The van der Waals surface area contributed by atoms with E-state index in [4.69, 9.17) is 0 Å². The summed E-state index contributed by atoms with van der Waals surface area (Å²) >= 11 is 1.44. The van der Waals surface area contributed by atoms with Crippen molar-refractivity contribution in [3.63, 3.8) is 0 Å². The monoisotopic (exact) mass is 294 g/mol. The molecular formula is C13H18N4O2S. The zero-order valence-corrected chi connectivity index (χ0v) is 12.6. The van der Waals surface area contributed by atoms with Gasteiger partial charge in [0.15, 0.2) is 5.82 Å². The van der Waals surface area contributed by atoms with E-state index in [1.165, 1.54) is 11.3 Å². The lowest BCUT2D eigenvalue weighted by atomic mass is 9.76. The van der Waals surface area contributed by atoms with Gasteiger partial charge in [0, 0.05) is 12.3 Å². The van der Waals surface area contributed by atoms with Gasteiger partial charge in [-0.25, -0.2) is 0 Å². The highest BCUT2D eigenvalue weighted by Gasteiger charge is 2.38. The Hall–Kier alpha value is -1.50. The smallest absolute Gasteiger partial charge is 0.310 e. The Labute approximate surface area is 120 Å². The number of aliphatic carboxylic acids is 1. The summed E-state index contributed by atoms with van der Waals surface area (Å²) in [5.74, 6) is 0.665. The van der Waals surface area contributed by atoms with Gasteiger partial charge in [-0.2, -0.15) is 9.61 Å². The third-order valence-corrected chi connectivity index (χ3v) is 5.18. The molecule has 0 amide bonds. The van der Waals surface area contributed by atoms with Crippen molar-refractivity contribution in [2.75, 3.05) is 0 Å². The van der Waals surface area contributed by atoms with Gasteiger partial charge in [0.05, 0.1) is 5.41 Å². The SMILES string of the molecule is CC(C)C(C)(Cc1nn2c(C3CC3)nnc2s1)C(=O)O. The molecule has 2 heterocycles. The molecule has 0 radical (unpaired) electrons. The topological polar surface area (TPSA) is 80.4 Å². The summed E-state index contributed by atoms with van der Waals surface area (Å²) in [6, 6.07) is 0. The molecule has 2 aromatic heterocycles. The first kappa shape index (κ1) is 13.5. The number of carbonyl (C=O) groups is 1. The minimum Gasteiger partial charge on any atom is -0.481 e. The van der Waals surface area contributed by atoms with Gasteiger partial charge in [-0.15, -0.1) is 10.2 Å². The second-order valence-electron chi connectivity index (χ2n) is 6.08. The van der Waals surface area contributed by atoms with E-state index in [1.807, 2.05) is 13.8 Å².